The van der Waals surface area contributed by atoms with Gasteiger partial charge in [-0.1, -0.05) is 52.0 Å². The summed E-state index contributed by atoms with van der Waals surface area (Å²) in [4.78, 5) is 24.8. The maximum Gasteiger partial charge on any atom is 0.305 e. The Balaban J connectivity index is 1.93. The van der Waals surface area contributed by atoms with Gasteiger partial charge in [0.1, 0.15) is 18.1 Å². The van der Waals surface area contributed by atoms with Crippen LogP contribution in [0.25, 0.3) is 5.69 Å². The average molecular weight is 562 g/mol. The van der Waals surface area contributed by atoms with Gasteiger partial charge in [-0.3, -0.25) is 9.59 Å². The smallest absolute Gasteiger partial charge is 0.305 e. The number of halogens is 1. The van der Waals surface area contributed by atoms with Gasteiger partial charge in [-0.2, -0.15) is 9.78 Å². The van der Waals surface area contributed by atoms with Crippen molar-refractivity contribution in [1.29, 1.82) is 0 Å². The molecule has 0 saturated heterocycles. The number of nitrogens with one attached hydrogen (secondary N) is 1. The number of sulfone groups is 1. The summed E-state index contributed by atoms with van der Waals surface area (Å²) < 4.78 is 45.7. The van der Waals surface area contributed by atoms with Gasteiger partial charge >= 0.3 is 5.97 Å². The minimum atomic E-state index is -3.46. The van der Waals surface area contributed by atoms with Crippen molar-refractivity contribution in [3.05, 3.63) is 71.7 Å². The molecule has 210 valence electrons. The fraction of sp³-hybridized carbons (Fsp3) is 0.370. The number of ether oxygens (including phenoxy) is 1. The van der Waals surface area contributed by atoms with Crippen LogP contribution in [0.1, 0.15) is 56.2 Å². The molecule has 0 radical (unpaired) electrons. The lowest BCUT2D eigenvalue weighted by Gasteiger charge is -2.25. The van der Waals surface area contributed by atoms with E-state index in [0.717, 1.165) is 4.68 Å². The van der Waals surface area contributed by atoms with Gasteiger partial charge in [-0.05, 0) is 35.2 Å². The molecule has 3 N–H and O–H groups in total. The van der Waals surface area contributed by atoms with Crippen molar-refractivity contribution in [3.8, 4) is 11.6 Å². The Morgan fingerprint density at radius 2 is 1.77 bits per heavy atom. The number of aliphatic carboxylic acids is 1. The number of hydrogen-bond donors (Lipinski definition) is 3. The molecular weight excluding hydrogens is 529 g/mol. The Hall–Kier alpha value is -3.77. The second-order valence-corrected chi connectivity index (χ2v) is 12.3. The third-order valence-corrected chi connectivity index (χ3v) is 7.83. The highest BCUT2D eigenvalue weighted by atomic mass is 32.2. The zero-order valence-electron chi connectivity index (χ0n) is 22.1. The van der Waals surface area contributed by atoms with Crippen LogP contribution in [-0.4, -0.2) is 58.8 Å². The van der Waals surface area contributed by atoms with E-state index in [1.54, 1.807) is 6.07 Å². The van der Waals surface area contributed by atoms with Gasteiger partial charge < -0.3 is 20.3 Å². The Kier molecular flexibility index (Phi) is 9.13. The minimum Gasteiger partial charge on any atom is -0.481 e. The van der Waals surface area contributed by atoms with Crippen LogP contribution in [0.3, 0.4) is 0 Å². The summed E-state index contributed by atoms with van der Waals surface area (Å²) in [5.74, 6) is -2.67. The van der Waals surface area contributed by atoms with E-state index in [0.29, 0.717) is 5.56 Å². The molecule has 2 aromatic carbocycles. The van der Waals surface area contributed by atoms with Gasteiger partial charge in [0.05, 0.1) is 29.2 Å². The van der Waals surface area contributed by atoms with Gasteiger partial charge in [-0.15, -0.1) is 0 Å². The van der Waals surface area contributed by atoms with Crippen LogP contribution in [0.5, 0.6) is 5.88 Å². The van der Waals surface area contributed by atoms with Crippen molar-refractivity contribution in [1.82, 2.24) is 15.1 Å². The van der Waals surface area contributed by atoms with E-state index in [1.165, 1.54) is 55.5 Å². The van der Waals surface area contributed by atoms with E-state index < -0.39 is 51.5 Å². The first-order chi connectivity index (χ1) is 18.2. The molecule has 1 aromatic heterocycles. The molecule has 0 unspecified atom stereocenters. The topological polar surface area (TPSA) is 148 Å². The molecule has 39 heavy (non-hydrogen) atoms. The van der Waals surface area contributed by atoms with Crippen molar-refractivity contribution in [2.75, 3.05) is 12.4 Å². The van der Waals surface area contributed by atoms with E-state index in [9.17, 15) is 32.6 Å². The molecular formula is C27H32FN3O7S. The first-order valence-electron chi connectivity index (χ1n) is 12.2. The standard InChI is InChI=1S/C27H32FN3O7S/c1-5-39(36,37)18-12-10-17(11-13-18)20(15-25(33)34)29-26(35)21-14-24(38-16-23(32)27(2,3)4)31(30-21)22-9-7-6-8-19(22)28/h6-14,20,23,32H,5,15-16H2,1-4H3,(H,29,35)(H,33,34)/t20-,23-/m0/s1. The molecule has 3 aromatic rings. The number of carbonyl (C=O) groups excluding carboxylic acids is 1. The predicted octanol–water partition coefficient (Wildman–Crippen LogP) is 3.54. The zero-order chi connectivity index (χ0) is 29.0. The van der Waals surface area contributed by atoms with E-state index in [1.807, 2.05) is 20.8 Å². The molecule has 0 fully saturated rings. The Morgan fingerprint density at radius 3 is 2.33 bits per heavy atom. The third kappa shape index (κ3) is 7.42. The number of aromatic nitrogens is 2. The fourth-order valence-corrected chi connectivity index (χ4v) is 4.41. The number of para-hydroxylation sites is 1. The number of carbonyl (C=O) groups is 2. The molecule has 0 spiro atoms. The normalized spacial score (nSPS) is 13.5. The first-order valence-corrected chi connectivity index (χ1v) is 13.9. The molecule has 10 nitrogen and oxygen atoms in total. The van der Waals surface area contributed by atoms with Crippen molar-refractivity contribution < 1.29 is 37.3 Å². The summed E-state index contributed by atoms with van der Waals surface area (Å²) in [5, 5.41) is 26.6. The number of amides is 1. The number of aliphatic hydroxyl groups excluding tert-OH is 1. The van der Waals surface area contributed by atoms with Gasteiger partial charge in [0.15, 0.2) is 15.5 Å². The summed E-state index contributed by atoms with van der Waals surface area (Å²) in [6.07, 6.45) is -1.36. The summed E-state index contributed by atoms with van der Waals surface area (Å²) in [6, 6.07) is 11.6. The second kappa shape index (κ2) is 12.0. The summed E-state index contributed by atoms with van der Waals surface area (Å²) in [5.41, 5.74) is -0.302. The van der Waals surface area contributed by atoms with Crippen LogP contribution in [0, 0.1) is 11.2 Å². The number of benzene rings is 2. The fourth-order valence-electron chi connectivity index (χ4n) is 3.52. The third-order valence-electron chi connectivity index (χ3n) is 6.08. The van der Waals surface area contributed by atoms with E-state index in [4.69, 9.17) is 4.74 Å². The highest BCUT2D eigenvalue weighted by molar-refractivity contribution is 7.91. The monoisotopic (exact) mass is 561 g/mol. The van der Waals surface area contributed by atoms with E-state index in [2.05, 4.69) is 10.4 Å². The molecule has 0 aliphatic rings. The van der Waals surface area contributed by atoms with Crippen molar-refractivity contribution in [3.63, 3.8) is 0 Å². The summed E-state index contributed by atoms with van der Waals surface area (Å²) in [6.45, 7) is 6.82. The minimum absolute atomic E-state index is 0.00235. The highest BCUT2D eigenvalue weighted by Gasteiger charge is 2.26. The molecule has 12 heteroatoms. The van der Waals surface area contributed by atoms with Crippen LogP contribution in [0.4, 0.5) is 4.39 Å². The molecule has 2 atom stereocenters. The lowest BCUT2D eigenvalue weighted by Crippen LogP contribution is -2.32. The maximum atomic E-state index is 14.6. The molecule has 1 heterocycles. The number of nitrogens with zero attached hydrogens (tertiary/aromatic N) is 2. The number of carboxylic acids is 1. The largest absolute Gasteiger partial charge is 0.481 e. The molecule has 0 saturated carbocycles. The van der Waals surface area contributed by atoms with E-state index >= 15 is 0 Å². The van der Waals surface area contributed by atoms with Gasteiger partial charge in [0, 0.05) is 6.07 Å². The van der Waals surface area contributed by atoms with Crippen LogP contribution in [-0.2, 0) is 14.6 Å². The van der Waals surface area contributed by atoms with Crippen LogP contribution in [0.2, 0.25) is 0 Å². The Labute approximate surface area is 226 Å². The number of carboxylic acid groups (broad SMARTS) is 1. The number of hydrogen-bond acceptors (Lipinski definition) is 7. The van der Waals surface area contributed by atoms with Crippen LogP contribution >= 0.6 is 0 Å². The number of rotatable bonds is 11. The average Bonchev–Trinajstić information content (AvgIpc) is 3.30. The molecule has 3 rings (SSSR count). The lowest BCUT2D eigenvalue weighted by atomic mass is 9.90. The number of aliphatic hydroxyl groups is 1. The summed E-state index contributed by atoms with van der Waals surface area (Å²) in [7, 11) is -3.46. The van der Waals surface area contributed by atoms with Gasteiger partial charge in [-0.25, -0.2) is 12.8 Å². The van der Waals surface area contributed by atoms with Crippen LogP contribution < -0.4 is 10.1 Å². The zero-order valence-corrected chi connectivity index (χ0v) is 22.9. The van der Waals surface area contributed by atoms with Gasteiger partial charge in [0.25, 0.3) is 5.91 Å². The SMILES string of the molecule is CCS(=O)(=O)c1ccc([C@H](CC(=O)O)NC(=O)c2cc(OC[C@H](O)C(C)(C)C)n(-c3ccccc3F)n2)cc1. The molecule has 0 aliphatic heterocycles. The van der Waals surface area contributed by atoms with Crippen molar-refractivity contribution in [2.45, 2.75) is 51.2 Å². The maximum absolute atomic E-state index is 14.6. The lowest BCUT2D eigenvalue weighted by molar-refractivity contribution is -0.137. The molecule has 0 aliphatic carbocycles. The highest BCUT2D eigenvalue weighted by Crippen LogP contribution is 2.26. The first kappa shape index (κ1) is 29.8. The molecule has 0 bridgehead atoms. The van der Waals surface area contributed by atoms with Crippen molar-refractivity contribution in [2.24, 2.45) is 5.41 Å². The van der Waals surface area contributed by atoms with Gasteiger partial charge in [0.2, 0.25) is 5.88 Å². The quantitative estimate of drug-likeness (QED) is 0.322. The second-order valence-electron chi connectivity index (χ2n) is 10.0. The summed E-state index contributed by atoms with van der Waals surface area (Å²) >= 11 is 0. The Morgan fingerprint density at radius 1 is 1.13 bits per heavy atom. The predicted molar refractivity (Wildman–Crippen MR) is 141 cm³/mol. The molecule has 1 amide bonds. The van der Waals surface area contributed by atoms with E-state index in [-0.39, 0.29) is 34.5 Å². The Bertz CT molecular complexity index is 1430. The van der Waals surface area contributed by atoms with Crippen LogP contribution in [0.15, 0.2) is 59.5 Å². The van der Waals surface area contributed by atoms with Crippen molar-refractivity contribution >= 4 is 21.7 Å².